The third kappa shape index (κ3) is 4.69. The van der Waals surface area contributed by atoms with Crippen molar-refractivity contribution in [1.82, 2.24) is 19.1 Å². The molecule has 44 heavy (non-hydrogen) atoms. The quantitative estimate of drug-likeness (QED) is 0.188. The molecule has 0 fully saturated rings. The Morgan fingerprint density at radius 2 is 0.727 bits per heavy atom. The summed E-state index contributed by atoms with van der Waals surface area (Å²) in [5.74, 6) is 1.87. The third-order valence-electron chi connectivity index (χ3n) is 7.96. The van der Waals surface area contributed by atoms with Gasteiger partial charge in [-0.3, -0.25) is 9.13 Å². The van der Waals surface area contributed by atoms with Gasteiger partial charge < -0.3 is 0 Å². The molecule has 6 aromatic carbocycles. The summed E-state index contributed by atoms with van der Waals surface area (Å²) in [6.07, 6.45) is 4.30. The second-order valence-corrected chi connectivity index (χ2v) is 10.8. The molecular formula is C40H28N4. The number of aromatic nitrogens is 4. The predicted molar refractivity (Wildman–Crippen MR) is 182 cm³/mol. The number of benzene rings is 6. The van der Waals surface area contributed by atoms with Gasteiger partial charge in [0.05, 0.1) is 22.1 Å². The van der Waals surface area contributed by atoms with Gasteiger partial charge in [0.2, 0.25) is 0 Å². The molecule has 4 heteroatoms. The van der Waals surface area contributed by atoms with E-state index in [1.54, 1.807) is 0 Å². The van der Waals surface area contributed by atoms with E-state index in [0.717, 1.165) is 67.3 Å². The second-order valence-electron chi connectivity index (χ2n) is 10.8. The zero-order valence-corrected chi connectivity index (χ0v) is 24.0. The highest BCUT2D eigenvalue weighted by Gasteiger charge is 2.15. The van der Waals surface area contributed by atoms with Crippen LogP contribution in [0.2, 0.25) is 0 Å². The summed E-state index contributed by atoms with van der Waals surface area (Å²) in [5.41, 5.74) is 10.8. The van der Waals surface area contributed by atoms with Gasteiger partial charge in [-0.2, -0.15) is 0 Å². The third-order valence-corrected chi connectivity index (χ3v) is 7.96. The van der Waals surface area contributed by atoms with Crippen molar-refractivity contribution in [2.75, 3.05) is 0 Å². The smallest absolute Gasteiger partial charge is 0.145 e. The fourth-order valence-corrected chi connectivity index (χ4v) is 5.80. The van der Waals surface area contributed by atoms with Crippen molar-refractivity contribution in [3.8, 4) is 34.2 Å². The summed E-state index contributed by atoms with van der Waals surface area (Å²) in [4.78, 5) is 9.99. The summed E-state index contributed by atoms with van der Waals surface area (Å²) in [6.45, 7) is 0. The highest BCUT2D eigenvalue weighted by atomic mass is 15.1. The van der Waals surface area contributed by atoms with E-state index in [4.69, 9.17) is 9.97 Å². The number of rotatable bonds is 6. The van der Waals surface area contributed by atoms with Crippen molar-refractivity contribution in [2.45, 2.75) is 0 Å². The van der Waals surface area contributed by atoms with Crippen molar-refractivity contribution in [1.29, 1.82) is 0 Å². The lowest BCUT2D eigenvalue weighted by molar-refractivity contribution is 1.10. The molecule has 0 N–H and O–H groups in total. The monoisotopic (exact) mass is 564 g/mol. The lowest BCUT2D eigenvalue weighted by atomic mass is 10.1. The average molecular weight is 565 g/mol. The standard InChI is InChI=1S/C40H28N4/c1-3-11-33(12-4-1)43-37-17-9-7-15-35(37)41-39(43)31-25-21-29(22-26-31)19-20-30-23-27-32(28-24-30)40-42-36-16-8-10-18-38(36)44(40)34-13-5-2-6-14-34/h1-28H/b20-19+. The van der Waals surface area contributed by atoms with Gasteiger partial charge in [0.25, 0.3) is 0 Å². The highest BCUT2D eigenvalue weighted by Crippen LogP contribution is 2.30. The van der Waals surface area contributed by atoms with Crippen molar-refractivity contribution < 1.29 is 0 Å². The van der Waals surface area contributed by atoms with E-state index in [1.165, 1.54) is 0 Å². The van der Waals surface area contributed by atoms with E-state index < -0.39 is 0 Å². The Hall–Kier alpha value is -6.00. The van der Waals surface area contributed by atoms with E-state index >= 15 is 0 Å². The molecule has 0 atom stereocenters. The van der Waals surface area contributed by atoms with Crippen LogP contribution in [0.4, 0.5) is 0 Å². The van der Waals surface area contributed by atoms with Gasteiger partial charge in [0, 0.05) is 22.5 Å². The van der Waals surface area contributed by atoms with Crippen LogP contribution in [0.25, 0.3) is 68.4 Å². The maximum atomic E-state index is 4.99. The molecule has 8 rings (SSSR count). The fourth-order valence-electron chi connectivity index (χ4n) is 5.80. The summed E-state index contributed by atoms with van der Waals surface area (Å²) in [5, 5.41) is 0. The lowest BCUT2D eigenvalue weighted by Gasteiger charge is -2.10. The topological polar surface area (TPSA) is 35.6 Å². The van der Waals surface area contributed by atoms with Crippen LogP contribution in [0.15, 0.2) is 158 Å². The first-order chi connectivity index (χ1) is 21.8. The van der Waals surface area contributed by atoms with Gasteiger partial charge in [-0.25, -0.2) is 9.97 Å². The Balaban J connectivity index is 1.07. The Kier molecular flexibility index (Phi) is 6.43. The normalized spacial score (nSPS) is 11.5. The minimum absolute atomic E-state index is 0.935. The summed E-state index contributed by atoms with van der Waals surface area (Å²) in [7, 11) is 0. The predicted octanol–water partition coefficient (Wildman–Crippen LogP) is 9.87. The number of para-hydroxylation sites is 6. The van der Waals surface area contributed by atoms with Crippen LogP contribution in [0, 0.1) is 0 Å². The molecule has 0 spiro atoms. The van der Waals surface area contributed by atoms with Crippen molar-refractivity contribution >= 4 is 34.2 Å². The Bertz CT molecular complexity index is 2080. The first-order valence-electron chi connectivity index (χ1n) is 14.8. The zero-order chi connectivity index (χ0) is 29.3. The van der Waals surface area contributed by atoms with Gasteiger partial charge in [-0.15, -0.1) is 0 Å². The molecule has 208 valence electrons. The molecule has 0 radical (unpaired) electrons. The van der Waals surface area contributed by atoms with Crippen LogP contribution in [0.5, 0.6) is 0 Å². The fraction of sp³-hybridized carbons (Fsp3) is 0. The average Bonchev–Trinajstić information content (AvgIpc) is 3.68. The number of hydrogen-bond donors (Lipinski definition) is 0. The highest BCUT2D eigenvalue weighted by molar-refractivity contribution is 5.85. The number of nitrogens with zero attached hydrogens (tertiary/aromatic N) is 4. The Morgan fingerprint density at radius 1 is 0.364 bits per heavy atom. The molecule has 8 aromatic rings. The number of imidazole rings is 2. The first kappa shape index (κ1) is 25.7. The SMILES string of the molecule is C(=C\c1ccc(-c2nc3ccccc3n2-c2ccccc2)cc1)/c1ccc(-c2nc3ccccc3n2-c2ccccc2)cc1. The molecule has 0 unspecified atom stereocenters. The van der Waals surface area contributed by atoms with Gasteiger partial charge in [-0.05, 0) is 59.7 Å². The first-order valence-corrected chi connectivity index (χ1v) is 14.8. The molecule has 0 saturated carbocycles. The van der Waals surface area contributed by atoms with Crippen LogP contribution in [-0.4, -0.2) is 19.1 Å². The summed E-state index contributed by atoms with van der Waals surface area (Å²) < 4.78 is 4.46. The zero-order valence-electron chi connectivity index (χ0n) is 24.0. The number of hydrogen-bond acceptors (Lipinski definition) is 2. The Morgan fingerprint density at radius 3 is 1.14 bits per heavy atom. The summed E-state index contributed by atoms with van der Waals surface area (Å²) in [6, 6.07) is 54.6. The van der Waals surface area contributed by atoms with Crippen LogP contribution >= 0.6 is 0 Å². The molecule has 2 heterocycles. The van der Waals surface area contributed by atoms with E-state index in [0.29, 0.717) is 0 Å². The summed E-state index contributed by atoms with van der Waals surface area (Å²) >= 11 is 0. The molecule has 0 amide bonds. The van der Waals surface area contributed by atoms with E-state index in [2.05, 4.69) is 155 Å². The van der Waals surface area contributed by atoms with Crippen molar-refractivity contribution in [3.05, 3.63) is 169 Å². The van der Waals surface area contributed by atoms with Crippen molar-refractivity contribution in [3.63, 3.8) is 0 Å². The van der Waals surface area contributed by atoms with Crippen LogP contribution in [0.1, 0.15) is 11.1 Å². The molecule has 0 aliphatic heterocycles. The van der Waals surface area contributed by atoms with Crippen LogP contribution < -0.4 is 0 Å². The molecule has 0 aliphatic carbocycles. The largest absolute Gasteiger partial charge is 0.292 e. The van der Waals surface area contributed by atoms with Crippen molar-refractivity contribution in [2.24, 2.45) is 0 Å². The molecule has 0 saturated heterocycles. The minimum atomic E-state index is 0.935. The van der Waals surface area contributed by atoms with Crippen LogP contribution in [0.3, 0.4) is 0 Å². The lowest BCUT2D eigenvalue weighted by Crippen LogP contribution is -1.97. The van der Waals surface area contributed by atoms with Gasteiger partial charge in [0.1, 0.15) is 11.6 Å². The maximum Gasteiger partial charge on any atom is 0.145 e. The molecule has 0 bridgehead atoms. The van der Waals surface area contributed by atoms with E-state index in [-0.39, 0.29) is 0 Å². The van der Waals surface area contributed by atoms with Crippen LogP contribution in [-0.2, 0) is 0 Å². The minimum Gasteiger partial charge on any atom is -0.292 e. The van der Waals surface area contributed by atoms with Gasteiger partial charge >= 0.3 is 0 Å². The molecule has 0 aliphatic rings. The van der Waals surface area contributed by atoms with Gasteiger partial charge in [-0.1, -0.05) is 121 Å². The molecule has 4 nitrogen and oxygen atoms in total. The molecule has 2 aromatic heterocycles. The van der Waals surface area contributed by atoms with E-state index in [1.807, 2.05) is 24.3 Å². The van der Waals surface area contributed by atoms with Gasteiger partial charge in [0.15, 0.2) is 0 Å². The maximum absolute atomic E-state index is 4.99. The molecular weight excluding hydrogens is 536 g/mol. The van der Waals surface area contributed by atoms with E-state index in [9.17, 15) is 0 Å². The second kappa shape index (κ2) is 11.0. The number of fused-ring (bicyclic) bond motifs is 2. The Labute approximate surface area is 255 Å².